The van der Waals surface area contributed by atoms with E-state index in [9.17, 15) is 14.2 Å². The molecule has 0 saturated carbocycles. The molecule has 8 nitrogen and oxygen atoms in total. The van der Waals surface area contributed by atoms with Gasteiger partial charge in [0, 0.05) is 12.8 Å². The molecule has 0 heterocycles. The van der Waals surface area contributed by atoms with Gasteiger partial charge in [0.15, 0.2) is 6.10 Å². The molecule has 0 unspecified atom stereocenters. The number of carbonyl (C=O) groups is 2. The number of carbonyl (C=O) groups excluding carboxylic acids is 2. The maximum atomic E-state index is 12.4. The zero-order valence-corrected chi connectivity index (χ0v) is 34.4. The van der Waals surface area contributed by atoms with Crippen LogP contribution in [0.15, 0.2) is 36.5 Å². The van der Waals surface area contributed by atoms with Gasteiger partial charge in [0.2, 0.25) is 0 Å². The topological polar surface area (TPSA) is 119 Å². The highest BCUT2D eigenvalue weighted by atomic mass is 31.2. The maximum Gasteiger partial charge on any atom is 0.469 e. The first-order valence-electron chi connectivity index (χ1n) is 21.3. The van der Waals surface area contributed by atoms with E-state index in [1.807, 2.05) is 6.08 Å². The summed E-state index contributed by atoms with van der Waals surface area (Å²) < 4.78 is 26.3. The molecule has 0 aliphatic rings. The average molecular weight is 755 g/mol. The number of rotatable bonds is 39. The molecule has 0 rings (SSSR count). The fourth-order valence-corrected chi connectivity index (χ4v) is 6.31. The molecule has 0 saturated heterocycles. The Bertz CT molecular complexity index is 941. The van der Waals surface area contributed by atoms with Gasteiger partial charge in [0.1, 0.15) is 6.61 Å². The predicted molar refractivity (Wildman–Crippen MR) is 216 cm³/mol. The Morgan fingerprint density at radius 2 is 0.904 bits per heavy atom. The van der Waals surface area contributed by atoms with Crippen molar-refractivity contribution in [3.63, 3.8) is 0 Å². The lowest BCUT2D eigenvalue weighted by Crippen LogP contribution is -2.29. The summed E-state index contributed by atoms with van der Waals surface area (Å²) in [5.41, 5.74) is 0. The van der Waals surface area contributed by atoms with Crippen molar-refractivity contribution < 1.29 is 37.9 Å². The lowest BCUT2D eigenvalue weighted by Gasteiger charge is -2.18. The van der Waals surface area contributed by atoms with E-state index in [0.29, 0.717) is 12.8 Å². The fraction of sp³-hybridized carbons (Fsp3) is 0.814. The third-order valence-electron chi connectivity index (χ3n) is 9.14. The highest BCUT2D eigenvalue weighted by molar-refractivity contribution is 7.46. The van der Waals surface area contributed by atoms with Gasteiger partial charge in [-0.2, -0.15) is 0 Å². The van der Waals surface area contributed by atoms with Gasteiger partial charge in [-0.05, 0) is 57.8 Å². The van der Waals surface area contributed by atoms with Crippen LogP contribution in [-0.4, -0.2) is 41.0 Å². The number of allylic oxidation sites excluding steroid dienone is 6. The Labute approximate surface area is 319 Å². The highest BCUT2D eigenvalue weighted by Gasteiger charge is 2.22. The van der Waals surface area contributed by atoms with Gasteiger partial charge in [-0.3, -0.25) is 14.1 Å². The van der Waals surface area contributed by atoms with E-state index in [4.69, 9.17) is 19.3 Å². The van der Waals surface area contributed by atoms with Crippen molar-refractivity contribution in [3.05, 3.63) is 36.5 Å². The lowest BCUT2D eigenvalue weighted by molar-refractivity contribution is -0.161. The van der Waals surface area contributed by atoms with Crippen molar-refractivity contribution in [1.29, 1.82) is 0 Å². The Hall–Kier alpha value is -1.73. The molecule has 0 radical (unpaired) electrons. The van der Waals surface area contributed by atoms with Crippen molar-refractivity contribution in [1.82, 2.24) is 0 Å². The Morgan fingerprint density at radius 3 is 1.40 bits per heavy atom. The van der Waals surface area contributed by atoms with Crippen LogP contribution in [0.5, 0.6) is 0 Å². The van der Waals surface area contributed by atoms with Gasteiger partial charge < -0.3 is 19.3 Å². The Balaban J connectivity index is 3.93. The summed E-state index contributed by atoms with van der Waals surface area (Å²) in [4.78, 5) is 42.8. The Morgan fingerprint density at radius 1 is 0.500 bits per heavy atom. The highest BCUT2D eigenvalue weighted by Crippen LogP contribution is 2.36. The van der Waals surface area contributed by atoms with Crippen LogP contribution in [-0.2, 0) is 28.2 Å². The minimum Gasteiger partial charge on any atom is -0.462 e. The number of phosphoric acid groups is 1. The average Bonchev–Trinajstić information content (AvgIpc) is 3.11. The first-order valence-corrected chi connectivity index (χ1v) is 22.8. The number of phosphoric ester groups is 1. The van der Waals surface area contributed by atoms with Crippen molar-refractivity contribution in [3.8, 4) is 0 Å². The van der Waals surface area contributed by atoms with Crippen LogP contribution in [0.3, 0.4) is 0 Å². The summed E-state index contributed by atoms with van der Waals surface area (Å²) in [6.45, 7) is 3.64. The standard InChI is InChI=1S/C43H79O8P/c1-3-5-7-9-11-13-15-17-19-20-21-22-24-25-27-29-31-33-35-37-42(44)49-39-41(40-50-52(46,47)48)51-43(45)38-36-34-32-30-28-26-23-18-16-14-12-10-8-6-4-2/h11,13,17,19,32,34,41H,3-10,12,14-16,18,20-31,33,35-40H2,1-2H3,(H2,46,47,48)/b13-11+,19-17+,34-32+/t41-/m1/s1. The van der Waals surface area contributed by atoms with Crippen LogP contribution >= 0.6 is 7.82 Å². The number of ether oxygens (including phenoxy) is 2. The molecule has 0 aliphatic heterocycles. The molecule has 0 aliphatic carbocycles. The molecule has 0 aromatic carbocycles. The van der Waals surface area contributed by atoms with Crippen molar-refractivity contribution in [2.45, 2.75) is 213 Å². The Kier molecular flexibility index (Phi) is 37.7. The first kappa shape index (κ1) is 50.3. The van der Waals surface area contributed by atoms with E-state index in [2.05, 4.69) is 48.8 Å². The molecule has 52 heavy (non-hydrogen) atoms. The fourth-order valence-electron chi connectivity index (χ4n) is 5.95. The second kappa shape index (κ2) is 39.0. The number of hydrogen-bond donors (Lipinski definition) is 2. The molecular weight excluding hydrogens is 675 g/mol. The molecule has 0 aromatic rings. The second-order valence-corrected chi connectivity index (χ2v) is 15.5. The second-order valence-electron chi connectivity index (χ2n) is 14.3. The SMILES string of the molecule is CCCCC/C=C/C/C=C/CCCCCCCCCCCC(=O)OC[C@H](COP(=O)(O)O)OC(=O)CC/C=C/CCCCCCCCCCCCC. The summed E-state index contributed by atoms with van der Waals surface area (Å²) in [5.74, 6) is -0.942. The van der Waals surface area contributed by atoms with Crippen LogP contribution in [0, 0.1) is 0 Å². The molecule has 9 heteroatoms. The number of hydrogen-bond acceptors (Lipinski definition) is 6. The van der Waals surface area contributed by atoms with Gasteiger partial charge in [-0.1, -0.05) is 172 Å². The van der Waals surface area contributed by atoms with E-state index >= 15 is 0 Å². The van der Waals surface area contributed by atoms with Gasteiger partial charge in [-0.15, -0.1) is 0 Å². The molecule has 304 valence electrons. The number of esters is 2. The molecule has 0 fully saturated rings. The van der Waals surface area contributed by atoms with Crippen molar-refractivity contribution >= 4 is 19.8 Å². The monoisotopic (exact) mass is 755 g/mol. The minimum absolute atomic E-state index is 0.129. The molecular formula is C43H79O8P. The smallest absolute Gasteiger partial charge is 0.462 e. The van der Waals surface area contributed by atoms with Crippen LogP contribution < -0.4 is 0 Å². The zero-order valence-electron chi connectivity index (χ0n) is 33.5. The zero-order chi connectivity index (χ0) is 38.2. The normalized spacial score (nSPS) is 12.8. The largest absolute Gasteiger partial charge is 0.469 e. The molecule has 1 atom stereocenters. The molecule has 0 spiro atoms. The molecule has 0 amide bonds. The van der Waals surface area contributed by atoms with E-state index in [1.165, 1.54) is 122 Å². The molecule has 2 N–H and O–H groups in total. The summed E-state index contributed by atoms with van der Waals surface area (Å²) in [6, 6.07) is 0. The van der Waals surface area contributed by atoms with E-state index in [1.54, 1.807) is 0 Å². The number of unbranched alkanes of at least 4 members (excludes halogenated alkanes) is 23. The third kappa shape index (κ3) is 41.0. The third-order valence-corrected chi connectivity index (χ3v) is 9.63. The summed E-state index contributed by atoms with van der Waals surface area (Å²) in [5, 5.41) is 0. The minimum atomic E-state index is -4.76. The van der Waals surface area contributed by atoms with Gasteiger partial charge >= 0.3 is 19.8 Å². The van der Waals surface area contributed by atoms with Crippen molar-refractivity contribution in [2.75, 3.05) is 13.2 Å². The van der Waals surface area contributed by atoms with E-state index in [-0.39, 0.29) is 19.4 Å². The quantitative estimate of drug-likeness (QED) is 0.0275. The van der Waals surface area contributed by atoms with Gasteiger partial charge in [-0.25, -0.2) is 4.57 Å². The van der Waals surface area contributed by atoms with Crippen LogP contribution in [0.1, 0.15) is 206 Å². The van der Waals surface area contributed by atoms with Gasteiger partial charge in [0.25, 0.3) is 0 Å². The predicted octanol–water partition coefficient (Wildman–Crippen LogP) is 13.0. The first-order chi connectivity index (χ1) is 25.3. The van der Waals surface area contributed by atoms with E-state index < -0.39 is 32.5 Å². The summed E-state index contributed by atoms with van der Waals surface area (Å²) >= 11 is 0. The molecule has 0 aromatic heterocycles. The van der Waals surface area contributed by atoms with Crippen LogP contribution in [0.25, 0.3) is 0 Å². The van der Waals surface area contributed by atoms with Crippen LogP contribution in [0.2, 0.25) is 0 Å². The maximum absolute atomic E-state index is 12.4. The summed E-state index contributed by atoms with van der Waals surface area (Å²) in [6.07, 6.45) is 45.9. The summed E-state index contributed by atoms with van der Waals surface area (Å²) in [7, 11) is -4.76. The van der Waals surface area contributed by atoms with Crippen molar-refractivity contribution in [2.24, 2.45) is 0 Å². The van der Waals surface area contributed by atoms with E-state index in [0.717, 1.165) is 44.9 Å². The molecule has 0 bridgehead atoms. The van der Waals surface area contributed by atoms with Crippen LogP contribution in [0.4, 0.5) is 0 Å². The van der Waals surface area contributed by atoms with Gasteiger partial charge in [0.05, 0.1) is 6.61 Å². The lowest BCUT2D eigenvalue weighted by atomic mass is 10.1.